The quantitative estimate of drug-likeness (QED) is 0.921. The number of H-pyrrole nitrogens is 1. The molecule has 1 atom stereocenters. The Bertz CT molecular complexity index is 611. The molecule has 1 amide bonds. The van der Waals surface area contributed by atoms with Crippen LogP contribution >= 0.6 is 0 Å². The summed E-state index contributed by atoms with van der Waals surface area (Å²) < 4.78 is 0. The monoisotopic (exact) mass is 312 g/mol. The molecule has 23 heavy (non-hydrogen) atoms. The molecule has 1 fully saturated rings. The van der Waals surface area contributed by atoms with Crippen LogP contribution in [0.25, 0.3) is 0 Å². The van der Waals surface area contributed by atoms with E-state index in [0.717, 1.165) is 38.4 Å². The molecule has 0 aliphatic carbocycles. The fourth-order valence-electron chi connectivity index (χ4n) is 3.20. The highest BCUT2D eigenvalue weighted by Crippen LogP contribution is 2.23. The highest BCUT2D eigenvalue weighted by Gasteiger charge is 2.30. The number of imidazole rings is 1. The molecule has 1 N–H and O–H groups in total. The summed E-state index contributed by atoms with van der Waals surface area (Å²) in [5.41, 5.74) is 1.22. The molecule has 1 aromatic heterocycles. The normalized spacial score (nSPS) is 19.0. The summed E-state index contributed by atoms with van der Waals surface area (Å²) in [7, 11) is 0. The highest BCUT2D eigenvalue weighted by molar-refractivity contribution is 5.76. The van der Waals surface area contributed by atoms with E-state index in [1.54, 1.807) is 6.20 Å². The third-order valence-electron chi connectivity index (χ3n) is 4.56. The first kappa shape index (κ1) is 15.7. The maximum Gasteiger partial charge on any atom is 0.223 e. The van der Waals surface area contributed by atoms with Crippen LogP contribution in [0.2, 0.25) is 0 Å². The van der Waals surface area contributed by atoms with Gasteiger partial charge in [-0.1, -0.05) is 37.3 Å². The molecule has 1 saturated heterocycles. The van der Waals surface area contributed by atoms with Crippen molar-refractivity contribution in [3.05, 3.63) is 54.1 Å². The minimum absolute atomic E-state index is 0.171. The molecule has 1 unspecified atom stereocenters. The maximum absolute atomic E-state index is 12.6. The average Bonchev–Trinajstić information content (AvgIpc) is 3.14. The van der Waals surface area contributed by atoms with E-state index in [2.05, 4.69) is 33.9 Å². The molecule has 5 heteroatoms. The van der Waals surface area contributed by atoms with Gasteiger partial charge >= 0.3 is 0 Å². The Morgan fingerprint density at radius 1 is 1.30 bits per heavy atom. The van der Waals surface area contributed by atoms with Crippen molar-refractivity contribution in [2.75, 3.05) is 26.2 Å². The van der Waals surface area contributed by atoms with Crippen LogP contribution in [0.15, 0.2) is 42.7 Å². The second kappa shape index (κ2) is 7.42. The Kier molecular flexibility index (Phi) is 5.08. The van der Waals surface area contributed by atoms with Gasteiger partial charge in [-0.25, -0.2) is 4.98 Å². The van der Waals surface area contributed by atoms with Gasteiger partial charge < -0.3 is 9.88 Å². The Balaban J connectivity index is 1.60. The summed E-state index contributed by atoms with van der Waals surface area (Å²) in [6, 6.07) is 10.4. The second-order valence-electron chi connectivity index (χ2n) is 5.94. The van der Waals surface area contributed by atoms with Crippen LogP contribution in [0.4, 0.5) is 0 Å². The molecule has 3 rings (SSSR count). The molecule has 122 valence electrons. The molecule has 1 aromatic carbocycles. The molecule has 0 spiro atoms. The number of aryl methyl sites for hydroxylation is 1. The Morgan fingerprint density at radius 3 is 2.83 bits per heavy atom. The molecule has 2 aromatic rings. The summed E-state index contributed by atoms with van der Waals surface area (Å²) in [5, 5.41) is 0. The third kappa shape index (κ3) is 3.79. The zero-order valence-corrected chi connectivity index (χ0v) is 13.6. The van der Waals surface area contributed by atoms with Crippen molar-refractivity contribution < 1.29 is 4.79 Å². The zero-order valence-electron chi connectivity index (χ0n) is 13.6. The van der Waals surface area contributed by atoms with Crippen molar-refractivity contribution in [1.29, 1.82) is 0 Å². The topological polar surface area (TPSA) is 52.2 Å². The summed E-state index contributed by atoms with van der Waals surface area (Å²) in [6.45, 7) is 5.55. The number of rotatable bonds is 5. The number of piperazine rings is 1. The molecule has 1 aliphatic rings. The van der Waals surface area contributed by atoms with Crippen LogP contribution in [-0.2, 0) is 11.2 Å². The molecule has 1 aliphatic heterocycles. The average molecular weight is 312 g/mol. The Labute approximate surface area is 137 Å². The number of carbonyl (C=O) groups is 1. The molecule has 2 heterocycles. The zero-order chi connectivity index (χ0) is 16.1. The second-order valence-corrected chi connectivity index (χ2v) is 5.94. The van der Waals surface area contributed by atoms with Gasteiger partial charge in [0.1, 0.15) is 5.82 Å². The summed E-state index contributed by atoms with van der Waals surface area (Å²) >= 11 is 0. The van der Waals surface area contributed by atoms with Gasteiger partial charge in [-0.05, 0) is 18.5 Å². The van der Waals surface area contributed by atoms with E-state index in [1.165, 1.54) is 5.56 Å². The summed E-state index contributed by atoms with van der Waals surface area (Å²) in [6.07, 6.45) is 5.00. The minimum Gasteiger partial charge on any atom is -0.347 e. The van der Waals surface area contributed by atoms with Crippen molar-refractivity contribution in [2.45, 2.75) is 25.8 Å². The highest BCUT2D eigenvalue weighted by atomic mass is 16.2. The van der Waals surface area contributed by atoms with Crippen LogP contribution in [-0.4, -0.2) is 51.9 Å². The lowest BCUT2D eigenvalue weighted by Gasteiger charge is -2.40. The molecular weight excluding hydrogens is 288 g/mol. The van der Waals surface area contributed by atoms with E-state index in [4.69, 9.17) is 0 Å². The first-order valence-electron chi connectivity index (χ1n) is 8.33. The lowest BCUT2D eigenvalue weighted by molar-refractivity contribution is -0.134. The van der Waals surface area contributed by atoms with Gasteiger partial charge in [-0.2, -0.15) is 0 Å². The number of nitrogens with zero attached hydrogens (tertiary/aromatic N) is 3. The minimum atomic E-state index is 0.171. The van der Waals surface area contributed by atoms with E-state index in [1.807, 2.05) is 29.3 Å². The number of hydrogen-bond acceptors (Lipinski definition) is 3. The maximum atomic E-state index is 12.6. The summed E-state index contributed by atoms with van der Waals surface area (Å²) in [5.74, 6) is 1.19. The molecule has 5 nitrogen and oxygen atoms in total. The SMILES string of the molecule is CCN1CCN(C(=O)CCc2ccccc2)CC1c1ncc[nH]1. The van der Waals surface area contributed by atoms with Crippen LogP contribution in [0.5, 0.6) is 0 Å². The lowest BCUT2D eigenvalue weighted by Crippen LogP contribution is -2.50. The van der Waals surface area contributed by atoms with Crippen LogP contribution < -0.4 is 0 Å². The van der Waals surface area contributed by atoms with Crippen molar-refractivity contribution in [1.82, 2.24) is 19.8 Å². The number of likely N-dealkylation sites (N-methyl/N-ethyl adjacent to an activating group) is 1. The van der Waals surface area contributed by atoms with E-state index in [-0.39, 0.29) is 11.9 Å². The van der Waals surface area contributed by atoms with Crippen LogP contribution in [0, 0.1) is 0 Å². The number of aromatic amines is 1. The Hall–Kier alpha value is -2.14. The van der Waals surface area contributed by atoms with Crippen LogP contribution in [0.3, 0.4) is 0 Å². The Morgan fingerprint density at radius 2 is 2.13 bits per heavy atom. The van der Waals surface area contributed by atoms with E-state index < -0.39 is 0 Å². The number of hydrogen-bond donors (Lipinski definition) is 1. The van der Waals surface area contributed by atoms with Gasteiger partial charge in [0.25, 0.3) is 0 Å². The van der Waals surface area contributed by atoms with Crippen molar-refractivity contribution in [3.8, 4) is 0 Å². The first-order chi connectivity index (χ1) is 11.3. The van der Waals surface area contributed by atoms with Gasteiger partial charge in [-0.3, -0.25) is 9.69 Å². The van der Waals surface area contributed by atoms with Gasteiger partial charge in [0.05, 0.1) is 6.04 Å². The largest absolute Gasteiger partial charge is 0.347 e. The number of carbonyl (C=O) groups excluding carboxylic acids is 1. The standard InChI is InChI=1S/C18H24N4O/c1-2-21-12-13-22(14-16(21)18-19-10-11-20-18)17(23)9-8-15-6-4-3-5-7-15/h3-7,10-11,16H,2,8-9,12-14H2,1H3,(H,19,20). The predicted molar refractivity (Wildman–Crippen MR) is 89.9 cm³/mol. The van der Waals surface area contributed by atoms with E-state index >= 15 is 0 Å². The van der Waals surface area contributed by atoms with Gasteiger partial charge in [-0.15, -0.1) is 0 Å². The van der Waals surface area contributed by atoms with E-state index in [9.17, 15) is 4.79 Å². The molecule has 0 saturated carbocycles. The van der Waals surface area contributed by atoms with Crippen molar-refractivity contribution in [2.24, 2.45) is 0 Å². The predicted octanol–water partition coefficient (Wildman–Crippen LogP) is 2.25. The summed E-state index contributed by atoms with van der Waals surface area (Å²) in [4.78, 5) is 24.5. The smallest absolute Gasteiger partial charge is 0.223 e. The number of aromatic nitrogens is 2. The number of amides is 1. The number of nitrogens with one attached hydrogen (secondary N) is 1. The van der Waals surface area contributed by atoms with Crippen LogP contribution in [0.1, 0.15) is 30.8 Å². The molecule has 0 radical (unpaired) electrons. The molecule has 0 bridgehead atoms. The first-order valence-corrected chi connectivity index (χ1v) is 8.33. The molecular formula is C18H24N4O. The lowest BCUT2D eigenvalue weighted by atomic mass is 10.1. The van der Waals surface area contributed by atoms with Gasteiger partial charge in [0.15, 0.2) is 0 Å². The van der Waals surface area contributed by atoms with Crippen molar-refractivity contribution >= 4 is 5.91 Å². The third-order valence-corrected chi connectivity index (χ3v) is 4.56. The van der Waals surface area contributed by atoms with E-state index in [0.29, 0.717) is 6.42 Å². The fraction of sp³-hybridized carbons (Fsp3) is 0.444. The van der Waals surface area contributed by atoms with Gasteiger partial charge in [0.2, 0.25) is 5.91 Å². The fourth-order valence-corrected chi connectivity index (χ4v) is 3.20. The van der Waals surface area contributed by atoms with Gasteiger partial charge in [0, 0.05) is 38.4 Å². The van der Waals surface area contributed by atoms with Crippen molar-refractivity contribution in [3.63, 3.8) is 0 Å². The number of benzene rings is 1.